The molecule has 0 nitrogen and oxygen atoms in total. The van der Waals surface area contributed by atoms with Crippen molar-refractivity contribution in [1.82, 2.24) is 0 Å². The maximum atomic E-state index is 13.0. The minimum Gasteiger partial charge on any atom is -0.207 e. The summed E-state index contributed by atoms with van der Waals surface area (Å²) in [6.45, 7) is 0. The van der Waals surface area contributed by atoms with E-state index in [1.807, 2.05) is 6.07 Å². The first-order valence-corrected chi connectivity index (χ1v) is 3.60. The molecule has 2 rings (SSSR count). The van der Waals surface area contributed by atoms with Crippen LogP contribution in [0.15, 0.2) is 18.2 Å². The second-order valence-corrected chi connectivity index (χ2v) is 2.58. The van der Waals surface area contributed by atoms with Gasteiger partial charge in [0.1, 0.15) is 5.82 Å². The molecule has 0 atom stereocenters. The average Bonchev–Trinajstić information content (AvgIpc) is 2.06. The van der Waals surface area contributed by atoms with Crippen molar-refractivity contribution in [2.24, 2.45) is 0 Å². The normalized spacial score (nSPS) is 13.2. The van der Waals surface area contributed by atoms with E-state index in [0.717, 1.165) is 11.1 Å². The van der Waals surface area contributed by atoms with E-state index in [9.17, 15) is 4.39 Å². The van der Waals surface area contributed by atoms with Crippen LogP contribution in [0.4, 0.5) is 4.39 Å². The van der Waals surface area contributed by atoms with Gasteiger partial charge in [0.15, 0.2) is 0 Å². The summed E-state index contributed by atoms with van der Waals surface area (Å²) in [6, 6.07) is 5.17. The molecule has 0 unspecified atom stereocenters. The zero-order chi connectivity index (χ0) is 7.68. The van der Waals surface area contributed by atoms with Crippen LogP contribution in [-0.4, -0.2) is 0 Å². The van der Waals surface area contributed by atoms with E-state index in [0.29, 0.717) is 12.8 Å². The molecular formula is C10H7F. The average molecular weight is 146 g/mol. The molecule has 11 heavy (non-hydrogen) atoms. The molecule has 0 fully saturated rings. The van der Waals surface area contributed by atoms with Crippen LogP contribution in [0.1, 0.15) is 11.1 Å². The van der Waals surface area contributed by atoms with Gasteiger partial charge in [-0.25, -0.2) is 4.39 Å². The summed E-state index contributed by atoms with van der Waals surface area (Å²) in [5, 5.41) is 0. The molecule has 0 spiro atoms. The van der Waals surface area contributed by atoms with E-state index in [1.54, 1.807) is 6.07 Å². The predicted octanol–water partition coefficient (Wildman–Crippen LogP) is 1.93. The van der Waals surface area contributed by atoms with E-state index in [-0.39, 0.29) is 5.82 Å². The van der Waals surface area contributed by atoms with Crippen molar-refractivity contribution in [2.75, 3.05) is 0 Å². The molecular weight excluding hydrogens is 139 g/mol. The molecule has 0 saturated carbocycles. The fraction of sp³-hybridized carbons (Fsp3) is 0.200. The molecule has 0 N–H and O–H groups in total. The Labute approximate surface area is 65.1 Å². The van der Waals surface area contributed by atoms with Gasteiger partial charge in [-0.3, -0.25) is 0 Å². The fourth-order valence-corrected chi connectivity index (χ4v) is 1.28. The van der Waals surface area contributed by atoms with Gasteiger partial charge in [-0.1, -0.05) is 24.0 Å². The lowest BCUT2D eigenvalue weighted by molar-refractivity contribution is 0.612. The maximum absolute atomic E-state index is 13.0. The monoisotopic (exact) mass is 146 g/mol. The first-order valence-electron chi connectivity index (χ1n) is 3.60. The molecule has 0 bridgehead atoms. The SMILES string of the molecule is Fc1cccc2c1CC#CC2. The fourth-order valence-electron chi connectivity index (χ4n) is 1.28. The lowest BCUT2D eigenvalue weighted by Gasteiger charge is -2.07. The second-order valence-electron chi connectivity index (χ2n) is 2.58. The van der Waals surface area contributed by atoms with E-state index >= 15 is 0 Å². The van der Waals surface area contributed by atoms with Crippen molar-refractivity contribution in [3.8, 4) is 11.8 Å². The van der Waals surface area contributed by atoms with Gasteiger partial charge in [0.25, 0.3) is 0 Å². The van der Waals surface area contributed by atoms with Gasteiger partial charge in [-0.2, -0.15) is 0 Å². The van der Waals surface area contributed by atoms with Crippen molar-refractivity contribution in [3.05, 3.63) is 35.1 Å². The van der Waals surface area contributed by atoms with E-state index < -0.39 is 0 Å². The Bertz CT molecular complexity index is 342. The molecule has 1 aromatic carbocycles. The summed E-state index contributed by atoms with van der Waals surface area (Å²) in [6.07, 6.45) is 1.27. The predicted molar refractivity (Wildman–Crippen MR) is 41.6 cm³/mol. The van der Waals surface area contributed by atoms with Crippen LogP contribution in [0.5, 0.6) is 0 Å². The van der Waals surface area contributed by atoms with Crippen molar-refractivity contribution in [1.29, 1.82) is 0 Å². The third kappa shape index (κ3) is 1.01. The van der Waals surface area contributed by atoms with Gasteiger partial charge >= 0.3 is 0 Å². The first kappa shape index (κ1) is 6.42. The maximum Gasteiger partial charge on any atom is 0.127 e. The number of hydrogen-bond acceptors (Lipinski definition) is 0. The zero-order valence-corrected chi connectivity index (χ0v) is 6.02. The number of rotatable bonds is 0. The Morgan fingerprint density at radius 3 is 2.82 bits per heavy atom. The summed E-state index contributed by atoms with van der Waals surface area (Å²) >= 11 is 0. The highest BCUT2D eigenvalue weighted by Gasteiger charge is 2.07. The van der Waals surface area contributed by atoms with E-state index in [4.69, 9.17) is 0 Å². The molecule has 1 heteroatoms. The number of hydrogen-bond donors (Lipinski definition) is 0. The van der Waals surface area contributed by atoms with E-state index in [1.165, 1.54) is 6.07 Å². The lowest BCUT2D eigenvalue weighted by atomic mass is 9.98. The largest absolute Gasteiger partial charge is 0.207 e. The summed E-state index contributed by atoms with van der Waals surface area (Å²) in [4.78, 5) is 0. The van der Waals surface area contributed by atoms with Crippen LogP contribution in [0, 0.1) is 17.7 Å². The van der Waals surface area contributed by atoms with Crippen molar-refractivity contribution < 1.29 is 4.39 Å². The Hall–Kier alpha value is -1.29. The third-order valence-electron chi connectivity index (χ3n) is 1.88. The van der Waals surface area contributed by atoms with Crippen molar-refractivity contribution >= 4 is 0 Å². The summed E-state index contributed by atoms with van der Waals surface area (Å²) in [5.74, 6) is 5.73. The molecule has 0 radical (unpaired) electrons. The van der Waals surface area contributed by atoms with Crippen molar-refractivity contribution in [3.63, 3.8) is 0 Å². The van der Waals surface area contributed by atoms with Gasteiger partial charge < -0.3 is 0 Å². The van der Waals surface area contributed by atoms with Crippen LogP contribution < -0.4 is 0 Å². The number of benzene rings is 1. The standard InChI is InChI=1S/C10H7F/c11-10-7-3-5-8-4-1-2-6-9(8)10/h3,5,7H,4,6H2. The highest BCUT2D eigenvalue weighted by molar-refractivity contribution is 5.38. The highest BCUT2D eigenvalue weighted by atomic mass is 19.1. The van der Waals surface area contributed by atoms with Crippen LogP contribution in [0.25, 0.3) is 0 Å². The minimum absolute atomic E-state index is 0.114. The molecule has 54 valence electrons. The second kappa shape index (κ2) is 2.39. The van der Waals surface area contributed by atoms with Gasteiger partial charge in [0.2, 0.25) is 0 Å². The Kier molecular flexibility index (Phi) is 1.40. The molecule has 1 aliphatic rings. The van der Waals surface area contributed by atoms with Crippen LogP contribution in [0.3, 0.4) is 0 Å². The van der Waals surface area contributed by atoms with Gasteiger partial charge in [-0.05, 0) is 11.6 Å². The molecule has 0 heterocycles. The summed E-state index contributed by atoms with van der Waals surface area (Å²) in [5.41, 5.74) is 1.83. The number of fused-ring (bicyclic) bond motifs is 1. The van der Waals surface area contributed by atoms with Crippen LogP contribution >= 0.6 is 0 Å². The van der Waals surface area contributed by atoms with Crippen molar-refractivity contribution in [2.45, 2.75) is 12.8 Å². The smallest absolute Gasteiger partial charge is 0.127 e. The molecule has 1 aliphatic carbocycles. The molecule has 0 saturated heterocycles. The Morgan fingerprint density at radius 2 is 2.00 bits per heavy atom. The molecule has 0 amide bonds. The summed E-state index contributed by atoms with van der Waals surface area (Å²) in [7, 11) is 0. The van der Waals surface area contributed by atoms with Gasteiger partial charge in [0.05, 0.1) is 0 Å². The minimum atomic E-state index is -0.114. The Morgan fingerprint density at radius 1 is 1.18 bits per heavy atom. The van der Waals surface area contributed by atoms with Gasteiger partial charge in [0, 0.05) is 18.4 Å². The van der Waals surface area contributed by atoms with Gasteiger partial charge in [-0.15, -0.1) is 0 Å². The molecule has 0 aromatic heterocycles. The number of halogens is 1. The zero-order valence-electron chi connectivity index (χ0n) is 6.02. The molecule has 0 aliphatic heterocycles. The van der Waals surface area contributed by atoms with E-state index in [2.05, 4.69) is 11.8 Å². The first-order chi connectivity index (χ1) is 5.38. The highest BCUT2D eigenvalue weighted by Crippen LogP contribution is 2.16. The third-order valence-corrected chi connectivity index (χ3v) is 1.88. The topological polar surface area (TPSA) is 0 Å². The van der Waals surface area contributed by atoms with Crippen LogP contribution in [0.2, 0.25) is 0 Å². The lowest BCUT2D eigenvalue weighted by Crippen LogP contribution is -1.99. The Balaban J connectivity index is 2.58. The molecule has 1 aromatic rings. The van der Waals surface area contributed by atoms with Crippen LogP contribution in [-0.2, 0) is 12.8 Å². The summed E-state index contributed by atoms with van der Waals surface area (Å²) < 4.78 is 13.0. The quantitative estimate of drug-likeness (QED) is 0.490.